The van der Waals surface area contributed by atoms with Crippen LogP contribution in [0.2, 0.25) is 5.02 Å². The maximum absolute atomic E-state index is 10.7. The molecule has 5 heteroatoms. The van der Waals surface area contributed by atoms with E-state index in [-0.39, 0.29) is 5.41 Å². The van der Waals surface area contributed by atoms with Crippen molar-refractivity contribution in [1.29, 1.82) is 0 Å². The molecule has 4 nitrogen and oxygen atoms in total. The topological polar surface area (TPSA) is 64.3 Å². The summed E-state index contributed by atoms with van der Waals surface area (Å²) < 4.78 is 5.09. The summed E-state index contributed by atoms with van der Waals surface area (Å²) in [7, 11) is 1.59. The van der Waals surface area contributed by atoms with E-state index >= 15 is 0 Å². The molecule has 0 spiro atoms. The molecule has 0 radical (unpaired) electrons. The lowest BCUT2D eigenvalue weighted by Gasteiger charge is -2.26. The number of hydrogen-bond acceptors (Lipinski definition) is 2. The van der Waals surface area contributed by atoms with Crippen LogP contribution in [0.15, 0.2) is 18.2 Å². The molecule has 0 saturated heterocycles. The van der Waals surface area contributed by atoms with Gasteiger partial charge in [0.2, 0.25) is 0 Å². The molecular weight excluding hydrogens is 240 g/mol. The molecule has 0 fully saturated rings. The van der Waals surface area contributed by atoms with Gasteiger partial charge in [0.15, 0.2) is 0 Å². The van der Waals surface area contributed by atoms with Gasteiger partial charge in [-0.3, -0.25) is 0 Å². The van der Waals surface area contributed by atoms with Crippen molar-refractivity contribution in [3.8, 4) is 5.75 Å². The lowest BCUT2D eigenvalue weighted by molar-refractivity contribution is 0.246. The number of nitrogens with one attached hydrogen (secondary N) is 1. The molecule has 3 N–H and O–H groups in total. The van der Waals surface area contributed by atoms with Gasteiger partial charge in [-0.2, -0.15) is 0 Å². The summed E-state index contributed by atoms with van der Waals surface area (Å²) in [5.74, 6) is 0.706. The largest absolute Gasteiger partial charge is 0.497 e. The summed E-state index contributed by atoms with van der Waals surface area (Å²) in [5, 5.41) is 3.20. The fraction of sp³-hybridized carbons (Fsp3) is 0.417. The summed E-state index contributed by atoms with van der Waals surface area (Å²) in [5.41, 5.74) is 5.70. The summed E-state index contributed by atoms with van der Waals surface area (Å²) in [6, 6.07) is 4.95. The maximum Gasteiger partial charge on any atom is 0.312 e. The van der Waals surface area contributed by atoms with Gasteiger partial charge >= 0.3 is 6.03 Å². The molecule has 0 saturated carbocycles. The molecule has 0 atom stereocenters. The van der Waals surface area contributed by atoms with Crippen LogP contribution in [-0.2, 0) is 5.41 Å². The van der Waals surface area contributed by atoms with Gasteiger partial charge in [0.1, 0.15) is 5.75 Å². The van der Waals surface area contributed by atoms with Gasteiger partial charge in [0.25, 0.3) is 0 Å². The molecule has 1 aromatic carbocycles. The normalized spacial score (nSPS) is 11.1. The number of nitrogens with two attached hydrogens (primary N) is 1. The first-order valence-corrected chi connectivity index (χ1v) is 5.62. The van der Waals surface area contributed by atoms with E-state index in [1.165, 1.54) is 0 Å². The molecule has 1 aromatic rings. The van der Waals surface area contributed by atoms with Crippen LogP contribution in [0.4, 0.5) is 4.79 Å². The lowest BCUT2D eigenvalue weighted by Crippen LogP contribution is -2.39. The highest BCUT2D eigenvalue weighted by molar-refractivity contribution is 6.31. The minimum atomic E-state index is -0.539. The molecular formula is C12H17ClN2O2. The van der Waals surface area contributed by atoms with Crippen molar-refractivity contribution in [2.75, 3.05) is 13.7 Å². The van der Waals surface area contributed by atoms with Gasteiger partial charge in [0.05, 0.1) is 7.11 Å². The number of hydrogen-bond donors (Lipinski definition) is 2. The fourth-order valence-corrected chi connectivity index (χ4v) is 2.00. The van der Waals surface area contributed by atoms with Gasteiger partial charge in [0, 0.05) is 17.0 Å². The standard InChI is InChI=1S/C12H17ClN2O2/c1-12(2,7-15-11(14)16)9-5-4-8(17-3)6-10(9)13/h4-6H,7H2,1-3H3,(H3,14,15,16). The van der Waals surface area contributed by atoms with Crippen LogP contribution in [0, 0.1) is 0 Å². The molecule has 0 aliphatic heterocycles. The van der Waals surface area contributed by atoms with E-state index in [4.69, 9.17) is 22.1 Å². The average molecular weight is 257 g/mol. The van der Waals surface area contributed by atoms with Crippen LogP contribution in [-0.4, -0.2) is 19.7 Å². The Labute approximate surface area is 106 Å². The Kier molecular flexibility index (Phi) is 4.23. The molecule has 0 aliphatic carbocycles. The Morgan fingerprint density at radius 2 is 2.18 bits per heavy atom. The third-order valence-corrected chi connectivity index (χ3v) is 2.92. The highest BCUT2D eigenvalue weighted by atomic mass is 35.5. The quantitative estimate of drug-likeness (QED) is 0.868. The molecule has 1 rings (SSSR count). The van der Waals surface area contributed by atoms with Crippen molar-refractivity contribution in [2.45, 2.75) is 19.3 Å². The van der Waals surface area contributed by atoms with Crippen LogP contribution in [0.3, 0.4) is 0 Å². The molecule has 94 valence electrons. The SMILES string of the molecule is COc1ccc(C(C)(C)CNC(N)=O)c(Cl)c1. The number of carbonyl (C=O) groups is 1. The number of carbonyl (C=O) groups excluding carboxylic acids is 1. The first-order valence-electron chi connectivity index (χ1n) is 5.24. The second-order valence-electron chi connectivity index (χ2n) is 4.45. The third-order valence-electron chi connectivity index (χ3n) is 2.61. The highest BCUT2D eigenvalue weighted by Crippen LogP contribution is 2.32. The monoisotopic (exact) mass is 256 g/mol. The fourth-order valence-electron chi connectivity index (χ4n) is 1.57. The molecule has 2 amide bonds. The third kappa shape index (κ3) is 3.53. The first kappa shape index (κ1) is 13.6. The van der Waals surface area contributed by atoms with Crippen LogP contribution in [0.25, 0.3) is 0 Å². The van der Waals surface area contributed by atoms with E-state index in [0.717, 1.165) is 5.56 Å². The zero-order valence-corrected chi connectivity index (χ0v) is 11.0. The highest BCUT2D eigenvalue weighted by Gasteiger charge is 2.23. The molecule has 0 heterocycles. The number of urea groups is 1. The molecule has 0 bridgehead atoms. The maximum atomic E-state index is 10.7. The van der Waals surface area contributed by atoms with Crippen LogP contribution in [0.5, 0.6) is 5.75 Å². The Morgan fingerprint density at radius 1 is 1.53 bits per heavy atom. The van der Waals surface area contributed by atoms with Crippen molar-refractivity contribution in [3.63, 3.8) is 0 Å². The van der Waals surface area contributed by atoms with Crippen molar-refractivity contribution in [3.05, 3.63) is 28.8 Å². The molecule has 0 unspecified atom stereocenters. The zero-order valence-electron chi connectivity index (χ0n) is 10.2. The van der Waals surface area contributed by atoms with Gasteiger partial charge in [-0.05, 0) is 17.7 Å². The molecule has 0 aliphatic rings. The van der Waals surface area contributed by atoms with E-state index in [1.807, 2.05) is 26.0 Å². The Morgan fingerprint density at radius 3 is 2.65 bits per heavy atom. The minimum absolute atomic E-state index is 0.293. The number of primary amides is 1. The Balaban J connectivity index is 2.94. The van der Waals surface area contributed by atoms with Gasteiger partial charge in [-0.25, -0.2) is 4.79 Å². The number of methoxy groups -OCH3 is 1. The van der Waals surface area contributed by atoms with E-state index in [9.17, 15) is 4.79 Å². The van der Waals surface area contributed by atoms with Crippen molar-refractivity contribution < 1.29 is 9.53 Å². The minimum Gasteiger partial charge on any atom is -0.497 e. The van der Waals surface area contributed by atoms with Crippen molar-refractivity contribution in [1.82, 2.24) is 5.32 Å². The van der Waals surface area contributed by atoms with Crippen molar-refractivity contribution in [2.24, 2.45) is 5.73 Å². The van der Waals surface area contributed by atoms with Crippen LogP contribution < -0.4 is 15.8 Å². The predicted octanol–water partition coefficient (Wildman–Crippen LogP) is 2.29. The van der Waals surface area contributed by atoms with Crippen LogP contribution >= 0.6 is 11.6 Å². The van der Waals surface area contributed by atoms with Crippen molar-refractivity contribution >= 4 is 17.6 Å². The Bertz CT molecular complexity index is 419. The summed E-state index contributed by atoms with van der Waals surface area (Å²) in [4.78, 5) is 10.7. The van der Waals surface area contributed by atoms with E-state index in [1.54, 1.807) is 13.2 Å². The van der Waals surface area contributed by atoms with Gasteiger partial charge in [-0.1, -0.05) is 31.5 Å². The number of halogens is 1. The number of rotatable bonds is 4. The number of ether oxygens (including phenoxy) is 1. The average Bonchev–Trinajstić information content (AvgIpc) is 2.26. The zero-order chi connectivity index (χ0) is 13.1. The van der Waals surface area contributed by atoms with E-state index in [2.05, 4.69) is 5.32 Å². The predicted molar refractivity (Wildman–Crippen MR) is 68.6 cm³/mol. The van der Waals surface area contributed by atoms with E-state index < -0.39 is 6.03 Å². The summed E-state index contributed by atoms with van der Waals surface area (Å²) >= 11 is 6.18. The summed E-state index contributed by atoms with van der Waals surface area (Å²) in [6.45, 7) is 4.39. The van der Waals surface area contributed by atoms with Gasteiger partial charge < -0.3 is 15.8 Å². The van der Waals surface area contributed by atoms with Gasteiger partial charge in [-0.15, -0.1) is 0 Å². The van der Waals surface area contributed by atoms with E-state index in [0.29, 0.717) is 17.3 Å². The smallest absolute Gasteiger partial charge is 0.312 e. The molecule has 17 heavy (non-hydrogen) atoms. The Hall–Kier alpha value is -1.42. The van der Waals surface area contributed by atoms with Crippen LogP contribution in [0.1, 0.15) is 19.4 Å². The second kappa shape index (κ2) is 5.27. The second-order valence-corrected chi connectivity index (χ2v) is 4.85. The summed E-state index contributed by atoms with van der Waals surface area (Å²) in [6.07, 6.45) is 0. The lowest BCUT2D eigenvalue weighted by atomic mass is 9.84. The molecule has 0 aromatic heterocycles. The number of benzene rings is 1. The number of amides is 2. The first-order chi connectivity index (χ1) is 7.86.